The second-order valence-corrected chi connectivity index (χ2v) is 5.96. The van der Waals surface area contributed by atoms with Crippen LogP contribution < -0.4 is 11.3 Å². The van der Waals surface area contributed by atoms with E-state index in [4.69, 9.17) is 10.5 Å². The molecule has 0 fully saturated rings. The van der Waals surface area contributed by atoms with Crippen LogP contribution in [0.5, 0.6) is 0 Å². The van der Waals surface area contributed by atoms with Crippen molar-refractivity contribution in [1.29, 1.82) is 0 Å². The predicted octanol–water partition coefficient (Wildman–Crippen LogP) is 3.05. The van der Waals surface area contributed by atoms with Gasteiger partial charge in [-0.15, -0.1) is 0 Å². The molecule has 6 nitrogen and oxygen atoms in total. The Labute approximate surface area is 152 Å². The van der Waals surface area contributed by atoms with E-state index in [-0.39, 0.29) is 16.8 Å². The molecular weight excluding hydrogens is 349 g/mol. The summed E-state index contributed by atoms with van der Waals surface area (Å²) in [5.41, 5.74) is 5.80. The average molecular weight is 363 g/mol. The summed E-state index contributed by atoms with van der Waals surface area (Å²) in [5.74, 6) is -1.37. The van der Waals surface area contributed by atoms with Crippen LogP contribution in [-0.4, -0.2) is 22.6 Å². The van der Waals surface area contributed by atoms with E-state index in [1.54, 1.807) is 30.6 Å². The van der Waals surface area contributed by atoms with Gasteiger partial charge >= 0.3 is 5.97 Å². The zero-order valence-electron chi connectivity index (χ0n) is 14.3. The van der Waals surface area contributed by atoms with Crippen molar-refractivity contribution in [2.45, 2.75) is 0 Å². The summed E-state index contributed by atoms with van der Waals surface area (Å²) in [7, 11) is 1.17. The van der Waals surface area contributed by atoms with E-state index in [1.807, 2.05) is 6.07 Å². The van der Waals surface area contributed by atoms with Crippen molar-refractivity contribution in [1.82, 2.24) is 9.55 Å². The first kappa shape index (κ1) is 16.7. The molecule has 2 N–H and O–H groups in total. The number of rotatable bonds is 2. The van der Waals surface area contributed by atoms with Gasteiger partial charge in [-0.2, -0.15) is 0 Å². The molecule has 27 heavy (non-hydrogen) atoms. The Balaban J connectivity index is 2.24. The molecule has 134 valence electrons. The van der Waals surface area contributed by atoms with Crippen molar-refractivity contribution in [3.05, 3.63) is 76.6 Å². The van der Waals surface area contributed by atoms with Crippen molar-refractivity contribution in [2.75, 3.05) is 12.8 Å². The molecule has 0 aliphatic rings. The lowest BCUT2D eigenvalue weighted by molar-refractivity contribution is 0.0600. The highest BCUT2D eigenvalue weighted by Crippen LogP contribution is 2.28. The third-order valence-corrected chi connectivity index (χ3v) is 4.47. The number of benzene rings is 2. The van der Waals surface area contributed by atoms with Crippen molar-refractivity contribution < 1.29 is 13.9 Å². The molecule has 0 aliphatic heterocycles. The maximum atomic E-state index is 14.0. The summed E-state index contributed by atoms with van der Waals surface area (Å²) >= 11 is 0. The van der Waals surface area contributed by atoms with Crippen molar-refractivity contribution in [2.24, 2.45) is 0 Å². The van der Waals surface area contributed by atoms with Gasteiger partial charge in [0.2, 0.25) is 0 Å². The number of methoxy groups -OCH3 is 1. The fraction of sp³-hybridized carbons (Fsp3) is 0.0500. The number of nitrogens with two attached hydrogens (primary N) is 1. The number of hydrogen-bond donors (Lipinski definition) is 1. The highest BCUT2D eigenvalue weighted by Gasteiger charge is 2.23. The molecule has 0 atom stereocenters. The van der Waals surface area contributed by atoms with Crippen LogP contribution in [0.2, 0.25) is 0 Å². The van der Waals surface area contributed by atoms with Crippen LogP contribution in [0.3, 0.4) is 0 Å². The molecule has 0 amide bonds. The van der Waals surface area contributed by atoms with Gasteiger partial charge in [0.1, 0.15) is 11.4 Å². The molecule has 4 aromatic rings. The second kappa shape index (κ2) is 6.21. The quantitative estimate of drug-likeness (QED) is 0.553. The van der Waals surface area contributed by atoms with E-state index < -0.39 is 17.3 Å². The van der Waals surface area contributed by atoms with Gasteiger partial charge in [0.25, 0.3) is 5.56 Å². The molecule has 0 aliphatic carbocycles. The lowest BCUT2D eigenvalue weighted by Gasteiger charge is -2.16. The first-order chi connectivity index (χ1) is 13.0. The number of esters is 1. The molecule has 0 radical (unpaired) electrons. The van der Waals surface area contributed by atoms with E-state index in [1.165, 1.54) is 29.9 Å². The molecule has 7 heteroatoms. The largest absolute Gasteiger partial charge is 0.465 e. The minimum Gasteiger partial charge on any atom is -0.465 e. The number of carbonyl (C=O) groups excluding carboxylic acids is 1. The van der Waals surface area contributed by atoms with Gasteiger partial charge in [-0.1, -0.05) is 12.1 Å². The van der Waals surface area contributed by atoms with Crippen LogP contribution in [-0.2, 0) is 4.74 Å². The SMILES string of the molecule is COC(=O)c1c(N)c2ccc(F)cc2n(-c2cccc3cnccc23)c1=O. The number of nitrogens with zero attached hydrogens (tertiary/aromatic N) is 2. The Morgan fingerprint density at radius 1 is 1.19 bits per heavy atom. The molecule has 0 spiro atoms. The first-order valence-electron chi connectivity index (χ1n) is 8.08. The number of aromatic nitrogens is 2. The average Bonchev–Trinajstić information content (AvgIpc) is 2.68. The fourth-order valence-electron chi connectivity index (χ4n) is 3.23. The molecule has 2 heterocycles. The van der Waals surface area contributed by atoms with E-state index in [9.17, 15) is 14.0 Å². The Hall–Kier alpha value is -3.74. The van der Waals surface area contributed by atoms with Gasteiger partial charge in [0.05, 0.1) is 24.0 Å². The number of pyridine rings is 2. The first-order valence-corrected chi connectivity index (χ1v) is 8.08. The number of anilines is 1. The maximum absolute atomic E-state index is 14.0. The highest BCUT2D eigenvalue weighted by atomic mass is 19.1. The molecule has 2 aromatic heterocycles. The van der Waals surface area contributed by atoms with Gasteiger partial charge < -0.3 is 10.5 Å². The third-order valence-electron chi connectivity index (χ3n) is 4.47. The van der Waals surface area contributed by atoms with E-state index in [2.05, 4.69) is 4.98 Å². The van der Waals surface area contributed by atoms with Gasteiger partial charge in [-0.25, -0.2) is 9.18 Å². The van der Waals surface area contributed by atoms with E-state index in [0.717, 1.165) is 10.8 Å². The Morgan fingerprint density at radius 3 is 2.78 bits per heavy atom. The summed E-state index contributed by atoms with van der Waals surface area (Å²) < 4.78 is 20.0. The topological polar surface area (TPSA) is 87.2 Å². The van der Waals surface area contributed by atoms with Crippen LogP contribution in [0.25, 0.3) is 27.4 Å². The van der Waals surface area contributed by atoms with E-state index in [0.29, 0.717) is 11.1 Å². The number of nitrogen functional groups attached to an aromatic ring is 1. The number of hydrogen-bond acceptors (Lipinski definition) is 5. The molecular formula is C20H14FN3O3. The Kier molecular flexibility index (Phi) is 3.84. The molecule has 0 bridgehead atoms. The smallest absolute Gasteiger partial charge is 0.345 e. The minimum absolute atomic E-state index is 0.0417. The normalized spacial score (nSPS) is 11.0. The summed E-state index contributed by atoms with van der Waals surface area (Å²) in [6.45, 7) is 0. The van der Waals surface area contributed by atoms with Gasteiger partial charge in [0, 0.05) is 28.6 Å². The molecule has 2 aromatic carbocycles. The number of halogens is 1. The van der Waals surface area contributed by atoms with Crippen molar-refractivity contribution in [3.8, 4) is 5.69 Å². The zero-order chi connectivity index (χ0) is 19.1. The fourth-order valence-corrected chi connectivity index (χ4v) is 3.23. The monoisotopic (exact) mass is 363 g/mol. The third kappa shape index (κ3) is 2.52. The molecule has 4 rings (SSSR count). The summed E-state index contributed by atoms with van der Waals surface area (Å²) in [6.07, 6.45) is 3.25. The number of ether oxygens (including phenoxy) is 1. The van der Waals surface area contributed by atoms with Gasteiger partial charge in [-0.3, -0.25) is 14.3 Å². The maximum Gasteiger partial charge on any atom is 0.345 e. The van der Waals surface area contributed by atoms with Crippen molar-refractivity contribution in [3.63, 3.8) is 0 Å². The molecule has 0 unspecified atom stereocenters. The van der Waals surface area contributed by atoms with Crippen LogP contribution in [0.1, 0.15) is 10.4 Å². The summed E-state index contributed by atoms with van der Waals surface area (Å²) in [5, 5.41) is 1.89. The molecule has 0 saturated heterocycles. The Morgan fingerprint density at radius 2 is 2.00 bits per heavy atom. The number of fused-ring (bicyclic) bond motifs is 2. The summed E-state index contributed by atoms with van der Waals surface area (Å²) in [4.78, 5) is 29.5. The van der Waals surface area contributed by atoms with E-state index >= 15 is 0 Å². The lowest BCUT2D eigenvalue weighted by Crippen LogP contribution is -2.28. The Bertz CT molecular complexity index is 1280. The minimum atomic E-state index is -0.848. The van der Waals surface area contributed by atoms with Crippen LogP contribution in [0, 0.1) is 5.82 Å². The predicted molar refractivity (Wildman–Crippen MR) is 101 cm³/mol. The molecule has 0 saturated carbocycles. The highest BCUT2D eigenvalue weighted by molar-refractivity contribution is 6.05. The van der Waals surface area contributed by atoms with Gasteiger partial charge in [0.15, 0.2) is 0 Å². The number of carbonyl (C=O) groups is 1. The van der Waals surface area contributed by atoms with Gasteiger partial charge in [-0.05, 0) is 30.3 Å². The van der Waals surface area contributed by atoms with Crippen LogP contribution >= 0.6 is 0 Å². The van der Waals surface area contributed by atoms with Crippen molar-refractivity contribution >= 4 is 33.3 Å². The summed E-state index contributed by atoms with van der Waals surface area (Å²) in [6, 6.07) is 10.9. The standard InChI is InChI=1S/C20H14FN3O3/c1-27-20(26)17-18(22)14-6-5-12(21)9-16(14)24(19(17)25)15-4-2-3-11-10-23-8-7-13(11)15/h2-10H,22H2,1H3. The van der Waals surface area contributed by atoms with Crippen LogP contribution in [0.15, 0.2) is 59.7 Å². The second-order valence-electron chi connectivity index (χ2n) is 5.96. The zero-order valence-corrected chi connectivity index (χ0v) is 14.3. The lowest BCUT2D eigenvalue weighted by atomic mass is 10.1. The van der Waals surface area contributed by atoms with Crippen LogP contribution in [0.4, 0.5) is 10.1 Å².